The summed E-state index contributed by atoms with van der Waals surface area (Å²) in [5.41, 5.74) is 8.13. The molecule has 0 saturated carbocycles. The van der Waals surface area contributed by atoms with Crippen LogP contribution in [-0.2, 0) is 17.9 Å². The second-order valence-electron chi connectivity index (χ2n) is 5.93. The normalized spacial score (nSPS) is 11.8. The predicted octanol–water partition coefficient (Wildman–Crippen LogP) is 2.34. The Bertz CT molecular complexity index is 598. The van der Waals surface area contributed by atoms with E-state index in [1.165, 1.54) is 0 Å². The molecule has 0 fully saturated rings. The Morgan fingerprint density at radius 2 is 1.96 bits per heavy atom. The lowest BCUT2D eigenvalue weighted by molar-refractivity contribution is -0.122. The molecule has 3 N–H and O–H groups in total. The highest BCUT2D eigenvalue weighted by atomic mass is 35.5. The molecular weight excluding hydrogens is 312 g/mol. The Labute approximate surface area is 143 Å². The van der Waals surface area contributed by atoms with Gasteiger partial charge in [-0.25, -0.2) is 0 Å². The van der Waals surface area contributed by atoms with Gasteiger partial charge in [-0.15, -0.1) is 12.4 Å². The maximum absolute atomic E-state index is 12.0. The van der Waals surface area contributed by atoms with Gasteiger partial charge < -0.3 is 11.1 Å². The van der Waals surface area contributed by atoms with Crippen molar-refractivity contribution in [2.24, 2.45) is 11.7 Å². The maximum Gasteiger partial charge on any atom is 0.237 e. The van der Waals surface area contributed by atoms with E-state index in [-0.39, 0.29) is 18.3 Å². The molecule has 126 valence electrons. The molecule has 1 heterocycles. The van der Waals surface area contributed by atoms with Crippen LogP contribution in [0, 0.1) is 5.92 Å². The smallest absolute Gasteiger partial charge is 0.237 e. The standard InChI is InChI=1S/C17H24N4O.ClH/c1-13(2)10-16(18)17(22)19-11-14-6-3-4-7-15(14)12-21-9-5-8-20-21;/h3-9,13,16H,10-12,18H2,1-2H3,(H,19,22);1H/t16-;/m0./s1. The largest absolute Gasteiger partial charge is 0.351 e. The van der Waals surface area contributed by atoms with Gasteiger partial charge in [0.2, 0.25) is 5.91 Å². The van der Waals surface area contributed by atoms with Crippen LogP contribution in [0.15, 0.2) is 42.7 Å². The highest BCUT2D eigenvalue weighted by molar-refractivity contribution is 5.85. The molecule has 0 spiro atoms. The number of rotatable bonds is 7. The van der Waals surface area contributed by atoms with E-state index in [9.17, 15) is 4.79 Å². The Hall–Kier alpha value is -1.85. The van der Waals surface area contributed by atoms with Crippen LogP contribution in [-0.4, -0.2) is 21.7 Å². The number of carbonyl (C=O) groups is 1. The number of nitrogens with two attached hydrogens (primary N) is 1. The van der Waals surface area contributed by atoms with E-state index in [1.807, 2.05) is 35.1 Å². The number of nitrogens with zero attached hydrogens (tertiary/aromatic N) is 2. The first-order valence-corrected chi connectivity index (χ1v) is 7.63. The van der Waals surface area contributed by atoms with E-state index in [0.717, 1.165) is 11.1 Å². The molecular formula is C17H25ClN4O. The van der Waals surface area contributed by atoms with Crippen molar-refractivity contribution >= 4 is 18.3 Å². The predicted molar refractivity (Wildman–Crippen MR) is 94.3 cm³/mol. The van der Waals surface area contributed by atoms with Crippen molar-refractivity contribution in [2.45, 2.75) is 39.4 Å². The van der Waals surface area contributed by atoms with Crippen LogP contribution < -0.4 is 11.1 Å². The van der Waals surface area contributed by atoms with Crippen LogP contribution in [0.2, 0.25) is 0 Å². The summed E-state index contributed by atoms with van der Waals surface area (Å²) in [7, 11) is 0. The Balaban J connectivity index is 0.00000264. The first-order valence-electron chi connectivity index (χ1n) is 7.63. The average Bonchev–Trinajstić information content (AvgIpc) is 2.98. The molecule has 2 aromatic rings. The van der Waals surface area contributed by atoms with E-state index in [0.29, 0.717) is 25.4 Å². The number of halogens is 1. The third-order valence-electron chi connectivity index (χ3n) is 3.53. The van der Waals surface area contributed by atoms with Gasteiger partial charge in [-0.2, -0.15) is 5.10 Å². The lowest BCUT2D eigenvalue weighted by Gasteiger charge is -2.15. The van der Waals surface area contributed by atoms with Gasteiger partial charge >= 0.3 is 0 Å². The number of carbonyl (C=O) groups excluding carboxylic acids is 1. The third-order valence-corrected chi connectivity index (χ3v) is 3.53. The Morgan fingerprint density at radius 1 is 1.26 bits per heavy atom. The highest BCUT2D eigenvalue weighted by Gasteiger charge is 2.15. The van der Waals surface area contributed by atoms with Gasteiger partial charge in [-0.05, 0) is 29.5 Å². The lowest BCUT2D eigenvalue weighted by atomic mass is 10.0. The van der Waals surface area contributed by atoms with E-state index in [2.05, 4.69) is 30.3 Å². The van der Waals surface area contributed by atoms with Crippen LogP contribution in [0.4, 0.5) is 0 Å². The van der Waals surface area contributed by atoms with Gasteiger partial charge in [0.05, 0.1) is 12.6 Å². The van der Waals surface area contributed by atoms with Crippen LogP contribution in [0.3, 0.4) is 0 Å². The fourth-order valence-corrected chi connectivity index (χ4v) is 2.38. The molecule has 0 aliphatic rings. The summed E-state index contributed by atoms with van der Waals surface area (Å²) >= 11 is 0. The van der Waals surface area contributed by atoms with E-state index in [1.54, 1.807) is 6.20 Å². The molecule has 0 radical (unpaired) electrons. The lowest BCUT2D eigenvalue weighted by Crippen LogP contribution is -2.41. The minimum Gasteiger partial charge on any atom is -0.351 e. The van der Waals surface area contributed by atoms with Gasteiger partial charge in [0.15, 0.2) is 0 Å². The summed E-state index contributed by atoms with van der Waals surface area (Å²) in [5, 5.41) is 7.15. The summed E-state index contributed by atoms with van der Waals surface area (Å²) in [6.45, 7) is 5.30. The molecule has 1 aromatic heterocycles. The van der Waals surface area contributed by atoms with E-state index < -0.39 is 6.04 Å². The topological polar surface area (TPSA) is 72.9 Å². The van der Waals surface area contributed by atoms with Crippen molar-refractivity contribution in [3.8, 4) is 0 Å². The molecule has 23 heavy (non-hydrogen) atoms. The number of amides is 1. The third kappa shape index (κ3) is 6.04. The van der Waals surface area contributed by atoms with Crippen molar-refractivity contribution in [3.05, 3.63) is 53.9 Å². The molecule has 5 nitrogen and oxygen atoms in total. The molecule has 0 saturated heterocycles. The maximum atomic E-state index is 12.0. The van der Waals surface area contributed by atoms with Gasteiger partial charge in [-0.3, -0.25) is 9.48 Å². The molecule has 0 aliphatic carbocycles. The van der Waals surface area contributed by atoms with Crippen molar-refractivity contribution in [3.63, 3.8) is 0 Å². The van der Waals surface area contributed by atoms with Crippen molar-refractivity contribution in [1.29, 1.82) is 0 Å². The van der Waals surface area contributed by atoms with Crippen molar-refractivity contribution in [2.75, 3.05) is 0 Å². The fraction of sp³-hybridized carbons (Fsp3) is 0.412. The van der Waals surface area contributed by atoms with Gasteiger partial charge in [0.1, 0.15) is 0 Å². The molecule has 1 amide bonds. The number of benzene rings is 1. The van der Waals surface area contributed by atoms with Gasteiger partial charge in [0, 0.05) is 18.9 Å². The monoisotopic (exact) mass is 336 g/mol. The zero-order chi connectivity index (χ0) is 15.9. The molecule has 0 aliphatic heterocycles. The molecule has 0 unspecified atom stereocenters. The minimum atomic E-state index is -0.446. The van der Waals surface area contributed by atoms with E-state index in [4.69, 9.17) is 5.73 Å². The molecule has 1 atom stereocenters. The SMILES string of the molecule is CC(C)C[C@H](N)C(=O)NCc1ccccc1Cn1cccn1.Cl. The van der Waals surface area contributed by atoms with Crippen molar-refractivity contribution < 1.29 is 4.79 Å². The number of aromatic nitrogens is 2. The number of hydrogen-bond donors (Lipinski definition) is 2. The van der Waals surface area contributed by atoms with E-state index >= 15 is 0 Å². The minimum absolute atomic E-state index is 0. The number of nitrogens with one attached hydrogen (secondary N) is 1. The quantitative estimate of drug-likeness (QED) is 0.815. The molecule has 1 aromatic carbocycles. The van der Waals surface area contributed by atoms with Crippen molar-refractivity contribution in [1.82, 2.24) is 15.1 Å². The Morgan fingerprint density at radius 3 is 2.57 bits per heavy atom. The molecule has 0 bridgehead atoms. The summed E-state index contributed by atoms with van der Waals surface area (Å²) in [6, 6.07) is 9.49. The molecule has 6 heteroatoms. The first-order chi connectivity index (χ1) is 10.6. The van der Waals surface area contributed by atoms with Crippen LogP contribution >= 0.6 is 12.4 Å². The van der Waals surface area contributed by atoms with Crippen LogP contribution in [0.25, 0.3) is 0 Å². The first kappa shape index (κ1) is 19.2. The molecule has 2 rings (SSSR count). The fourth-order valence-electron chi connectivity index (χ4n) is 2.38. The highest BCUT2D eigenvalue weighted by Crippen LogP contribution is 2.10. The van der Waals surface area contributed by atoms with Crippen LogP contribution in [0.1, 0.15) is 31.4 Å². The summed E-state index contributed by atoms with van der Waals surface area (Å²) < 4.78 is 1.87. The van der Waals surface area contributed by atoms with Gasteiger partial charge in [-0.1, -0.05) is 38.1 Å². The zero-order valence-corrected chi connectivity index (χ0v) is 14.4. The second kappa shape index (κ2) is 9.33. The zero-order valence-electron chi connectivity index (χ0n) is 13.6. The summed E-state index contributed by atoms with van der Waals surface area (Å²) in [6.07, 6.45) is 4.38. The second-order valence-corrected chi connectivity index (χ2v) is 5.93. The summed E-state index contributed by atoms with van der Waals surface area (Å²) in [5.74, 6) is 0.315. The van der Waals surface area contributed by atoms with Crippen LogP contribution in [0.5, 0.6) is 0 Å². The average molecular weight is 337 g/mol. The Kier molecular flexibility index (Phi) is 7.78. The number of hydrogen-bond acceptors (Lipinski definition) is 3. The van der Waals surface area contributed by atoms with Gasteiger partial charge in [0.25, 0.3) is 0 Å². The summed E-state index contributed by atoms with van der Waals surface area (Å²) in [4.78, 5) is 12.0.